The number of fused-ring (bicyclic) bond motifs is 3. The third kappa shape index (κ3) is 3.05. The first-order valence-corrected chi connectivity index (χ1v) is 9.46. The molecule has 7 nitrogen and oxygen atoms in total. The van der Waals surface area contributed by atoms with Gasteiger partial charge in [-0.05, 0) is 31.5 Å². The van der Waals surface area contributed by atoms with Gasteiger partial charge in [0.25, 0.3) is 0 Å². The predicted molar refractivity (Wildman–Crippen MR) is 103 cm³/mol. The molecule has 1 aromatic heterocycles. The largest absolute Gasteiger partial charge is 0.493 e. The number of thioether (sulfide) groups is 1. The van der Waals surface area contributed by atoms with Crippen LogP contribution < -0.4 is 20.5 Å². The van der Waals surface area contributed by atoms with E-state index in [1.807, 2.05) is 12.1 Å². The first-order chi connectivity index (χ1) is 12.6. The number of amidine groups is 1. The second-order valence-electron chi connectivity index (χ2n) is 6.50. The van der Waals surface area contributed by atoms with Gasteiger partial charge in [-0.3, -0.25) is 4.99 Å². The summed E-state index contributed by atoms with van der Waals surface area (Å²) in [6.07, 6.45) is 2.61. The third-order valence-corrected chi connectivity index (χ3v) is 5.87. The number of hydrogen-bond acceptors (Lipinski definition) is 8. The maximum atomic E-state index is 6.05. The van der Waals surface area contributed by atoms with E-state index in [-0.39, 0.29) is 0 Å². The van der Waals surface area contributed by atoms with Crippen LogP contribution in [0, 0.1) is 5.92 Å². The number of benzene rings is 1. The van der Waals surface area contributed by atoms with E-state index in [9.17, 15) is 0 Å². The zero-order chi connectivity index (χ0) is 18.1. The van der Waals surface area contributed by atoms with Crippen LogP contribution in [0.1, 0.15) is 18.9 Å². The molecular formula is C18H21N5O2S. The number of anilines is 2. The van der Waals surface area contributed by atoms with E-state index >= 15 is 0 Å². The van der Waals surface area contributed by atoms with Crippen LogP contribution >= 0.6 is 11.8 Å². The van der Waals surface area contributed by atoms with Crippen LogP contribution in [-0.2, 0) is 5.54 Å². The summed E-state index contributed by atoms with van der Waals surface area (Å²) in [5.41, 5.74) is 7.56. The molecule has 136 valence electrons. The van der Waals surface area contributed by atoms with Gasteiger partial charge >= 0.3 is 0 Å². The van der Waals surface area contributed by atoms with E-state index in [0.29, 0.717) is 29.5 Å². The molecule has 4 rings (SSSR count). The Kier molecular flexibility index (Phi) is 4.36. The van der Waals surface area contributed by atoms with Gasteiger partial charge in [-0.15, -0.1) is 0 Å². The number of hydrogen-bond donors (Lipinski definition) is 2. The van der Waals surface area contributed by atoms with E-state index in [0.717, 1.165) is 29.2 Å². The van der Waals surface area contributed by atoms with E-state index in [1.54, 1.807) is 31.1 Å². The lowest BCUT2D eigenvalue weighted by Gasteiger charge is -2.36. The molecule has 0 radical (unpaired) electrons. The van der Waals surface area contributed by atoms with Crippen molar-refractivity contribution >= 4 is 28.6 Å². The Morgan fingerprint density at radius 2 is 2.27 bits per heavy atom. The molecule has 0 saturated carbocycles. The predicted octanol–water partition coefficient (Wildman–Crippen LogP) is 2.90. The van der Waals surface area contributed by atoms with Crippen LogP contribution in [0.4, 0.5) is 11.6 Å². The normalized spacial score (nSPS) is 24.4. The van der Waals surface area contributed by atoms with Crippen LogP contribution in [0.2, 0.25) is 0 Å². The fourth-order valence-electron chi connectivity index (χ4n) is 3.43. The number of aliphatic imine (C=N–C) groups is 1. The standard InChI is InChI=1S/C18H21N5O2S/c1-18-11(10-26-16(19)23-18)6-8-25-14-4-3-12(9-13(14)18)21-17-20-7-5-15(22-17)24-2/h3-5,7,9,11H,6,8,10H2,1-2H3,(H2,19,23)(H,20,21,22)/t11-,18+/m1/s1. The summed E-state index contributed by atoms with van der Waals surface area (Å²) in [7, 11) is 1.58. The summed E-state index contributed by atoms with van der Waals surface area (Å²) in [6, 6.07) is 7.69. The average Bonchev–Trinajstić information content (AvgIpc) is 2.78. The van der Waals surface area contributed by atoms with Crippen molar-refractivity contribution in [1.82, 2.24) is 9.97 Å². The van der Waals surface area contributed by atoms with E-state index in [2.05, 4.69) is 28.3 Å². The Morgan fingerprint density at radius 3 is 3.12 bits per heavy atom. The number of nitrogens with one attached hydrogen (secondary N) is 1. The van der Waals surface area contributed by atoms with Gasteiger partial charge in [-0.2, -0.15) is 4.98 Å². The minimum Gasteiger partial charge on any atom is -0.493 e. The average molecular weight is 371 g/mol. The van der Waals surface area contributed by atoms with Gasteiger partial charge in [0, 0.05) is 35.2 Å². The molecule has 0 amide bonds. The highest BCUT2D eigenvalue weighted by molar-refractivity contribution is 8.13. The van der Waals surface area contributed by atoms with Gasteiger partial charge < -0.3 is 20.5 Å². The van der Waals surface area contributed by atoms with Gasteiger partial charge in [0.1, 0.15) is 5.75 Å². The summed E-state index contributed by atoms with van der Waals surface area (Å²) in [4.78, 5) is 13.4. The van der Waals surface area contributed by atoms with Gasteiger partial charge in [-0.25, -0.2) is 4.98 Å². The van der Waals surface area contributed by atoms with E-state index < -0.39 is 5.54 Å². The molecule has 8 heteroatoms. The lowest BCUT2D eigenvalue weighted by Crippen LogP contribution is -2.37. The Morgan fingerprint density at radius 1 is 1.38 bits per heavy atom. The van der Waals surface area contributed by atoms with Crippen LogP contribution in [0.25, 0.3) is 0 Å². The summed E-state index contributed by atoms with van der Waals surface area (Å²) >= 11 is 1.62. The highest BCUT2D eigenvalue weighted by atomic mass is 32.2. The monoisotopic (exact) mass is 371 g/mol. The summed E-state index contributed by atoms with van der Waals surface area (Å²) in [6.45, 7) is 2.83. The zero-order valence-electron chi connectivity index (χ0n) is 14.7. The number of aromatic nitrogens is 2. The second-order valence-corrected chi connectivity index (χ2v) is 7.54. The lowest BCUT2D eigenvalue weighted by atomic mass is 9.79. The van der Waals surface area contributed by atoms with Crippen molar-refractivity contribution in [2.24, 2.45) is 16.6 Å². The maximum absolute atomic E-state index is 6.05. The Labute approximate surface area is 156 Å². The van der Waals surface area contributed by atoms with Crippen molar-refractivity contribution in [3.05, 3.63) is 36.0 Å². The SMILES string of the molecule is COc1ccnc(Nc2ccc3c(c2)[C@@]2(C)N=C(N)SC[C@H]2CCO3)n1. The smallest absolute Gasteiger partial charge is 0.230 e. The molecule has 2 aliphatic rings. The topological polar surface area (TPSA) is 94.7 Å². The van der Waals surface area contributed by atoms with Crippen LogP contribution in [0.15, 0.2) is 35.5 Å². The number of nitrogens with zero attached hydrogens (tertiary/aromatic N) is 3. The molecule has 3 heterocycles. The number of ether oxygens (including phenoxy) is 2. The maximum Gasteiger partial charge on any atom is 0.230 e. The fraction of sp³-hybridized carbons (Fsp3) is 0.389. The molecule has 0 saturated heterocycles. The van der Waals surface area contributed by atoms with Gasteiger partial charge in [0.15, 0.2) is 5.17 Å². The zero-order valence-corrected chi connectivity index (χ0v) is 15.5. The first-order valence-electron chi connectivity index (χ1n) is 8.48. The first kappa shape index (κ1) is 17.0. The summed E-state index contributed by atoms with van der Waals surface area (Å²) in [5, 5.41) is 3.86. The van der Waals surface area contributed by atoms with E-state index in [4.69, 9.17) is 20.2 Å². The number of methoxy groups -OCH3 is 1. The van der Waals surface area contributed by atoms with Crippen molar-refractivity contribution in [2.75, 3.05) is 24.8 Å². The molecule has 2 atom stereocenters. The fourth-order valence-corrected chi connectivity index (χ4v) is 4.55. The van der Waals surface area contributed by atoms with Crippen LogP contribution in [0.5, 0.6) is 11.6 Å². The Bertz CT molecular complexity index is 859. The molecule has 1 aromatic carbocycles. The quantitative estimate of drug-likeness (QED) is 0.856. The minimum absolute atomic E-state index is 0.379. The Balaban J connectivity index is 1.72. The molecule has 26 heavy (non-hydrogen) atoms. The van der Waals surface area contributed by atoms with Crippen molar-refractivity contribution in [3.8, 4) is 11.6 Å². The molecule has 0 spiro atoms. The van der Waals surface area contributed by atoms with Crippen molar-refractivity contribution in [2.45, 2.75) is 18.9 Å². The number of rotatable bonds is 3. The van der Waals surface area contributed by atoms with Gasteiger partial charge in [-0.1, -0.05) is 11.8 Å². The van der Waals surface area contributed by atoms with Crippen molar-refractivity contribution < 1.29 is 9.47 Å². The summed E-state index contributed by atoms with van der Waals surface area (Å²) in [5.74, 6) is 3.17. The highest BCUT2D eigenvalue weighted by Crippen LogP contribution is 2.47. The Hall–Kier alpha value is -2.48. The third-order valence-electron chi connectivity index (χ3n) is 4.91. The molecule has 2 aliphatic heterocycles. The van der Waals surface area contributed by atoms with Crippen molar-refractivity contribution in [1.29, 1.82) is 0 Å². The molecule has 0 bridgehead atoms. The lowest BCUT2D eigenvalue weighted by molar-refractivity contribution is 0.271. The molecule has 3 N–H and O–H groups in total. The molecule has 0 fully saturated rings. The van der Waals surface area contributed by atoms with Crippen molar-refractivity contribution in [3.63, 3.8) is 0 Å². The summed E-state index contributed by atoms with van der Waals surface area (Å²) < 4.78 is 11.1. The second kappa shape index (κ2) is 6.68. The molecule has 0 unspecified atom stereocenters. The van der Waals surface area contributed by atoms with Gasteiger partial charge in [0.2, 0.25) is 11.8 Å². The van der Waals surface area contributed by atoms with E-state index in [1.165, 1.54) is 0 Å². The van der Waals surface area contributed by atoms with Crippen LogP contribution in [-0.4, -0.2) is 34.6 Å². The molecular weight excluding hydrogens is 350 g/mol. The molecule has 2 aromatic rings. The highest BCUT2D eigenvalue weighted by Gasteiger charge is 2.42. The molecule has 0 aliphatic carbocycles. The minimum atomic E-state index is -0.395. The van der Waals surface area contributed by atoms with Crippen LogP contribution in [0.3, 0.4) is 0 Å². The van der Waals surface area contributed by atoms with Gasteiger partial charge in [0.05, 0.1) is 19.3 Å². The number of nitrogens with two attached hydrogens (primary N) is 1.